The lowest BCUT2D eigenvalue weighted by Crippen LogP contribution is -2.26. The highest BCUT2D eigenvalue weighted by Gasteiger charge is 2.23. The first kappa shape index (κ1) is 17.8. The predicted octanol–water partition coefficient (Wildman–Crippen LogP) is 3.24. The minimum Gasteiger partial charge on any atom is -0.493 e. The number of pyridine rings is 2. The van der Waals surface area contributed by atoms with Crippen molar-refractivity contribution in [2.75, 3.05) is 0 Å². The lowest BCUT2D eigenvalue weighted by Gasteiger charge is -2.22. The number of nitrogens with zero attached hydrogens (tertiary/aromatic N) is 5. The first-order valence-electron chi connectivity index (χ1n) is 8.78. The van der Waals surface area contributed by atoms with Crippen LogP contribution in [0.3, 0.4) is 0 Å². The summed E-state index contributed by atoms with van der Waals surface area (Å²) in [5, 5.41) is 15.2. The van der Waals surface area contributed by atoms with Crippen LogP contribution in [0.2, 0.25) is 0 Å². The van der Waals surface area contributed by atoms with Crippen LogP contribution in [-0.2, 0) is 0 Å². The summed E-state index contributed by atoms with van der Waals surface area (Å²) in [4.78, 5) is 21.3. The van der Waals surface area contributed by atoms with Gasteiger partial charge < -0.3 is 5.11 Å². The van der Waals surface area contributed by atoms with E-state index in [1.165, 1.54) is 40.2 Å². The SMILES string of the molecule is Cc1c(-n2c(-n3cncn3)c(C(C)C)c3ccc(F)cc3c2=O)ccnc1O. The maximum absolute atomic E-state index is 14.0. The molecule has 28 heavy (non-hydrogen) atoms. The van der Waals surface area contributed by atoms with E-state index in [-0.39, 0.29) is 17.2 Å². The zero-order valence-corrected chi connectivity index (χ0v) is 15.6. The van der Waals surface area contributed by atoms with Crippen molar-refractivity contribution in [1.82, 2.24) is 24.3 Å². The highest BCUT2D eigenvalue weighted by molar-refractivity contribution is 5.88. The summed E-state index contributed by atoms with van der Waals surface area (Å²) in [6, 6.07) is 5.82. The molecule has 0 unspecified atom stereocenters. The van der Waals surface area contributed by atoms with Crippen LogP contribution in [0.1, 0.15) is 30.9 Å². The van der Waals surface area contributed by atoms with Gasteiger partial charge in [-0.1, -0.05) is 19.9 Å². The summed E-state index contributed by atoms with van der Waals surface area (Å²) in [5.74, 6) is -0.187. The first-order chi connectivity index (χ1) is 13.4. The quantitative estimate of drug-likeness (QED) is 0.591. The molecule has 7 nitrogen and oxygen atoms in total. The number of halogens is 1. The third-order valence-electron chi connectivity index (χ3n) is 4.76. The van der Waals surface area contributed by atoms with Crippen molar-refractivity contribution in [3.8, 4) is 17.4 Å². The monoisotopic (exact) mass is 379 g/mol. The molecule has 3 heterocycles. The molecule has 0 amide bonds. The van der Waals surface area contributed by atoms with E-state index in [0.717, 1.165) is 5.56 Å². The van der Waals surface area contributed by atoms with Crippen LogP contribution in [0, 0.1) is 12.7 Å². The molecular weight excluding hydrogens is 361 g/mol. The molecule has 1 aromatic carbocycles. The number of fused-ring (bicyclic) bond motifs is 1. The molecule has 0 bridgehead atoms. The third-order valence-corrected chi connectivity index (χ3v) is 4.76. The molecule has 0 saturated heterocycles. The van der Waals surface area contributed by atoms with E-state index in [1.54, 1.807) is 19.1 Å². The lowest BCUT2D eigenvalue weighted by molar-refractivity contribution is 0.448. The molecule has 0 saturated carbocycles. The topological polar surface area (TPSA) is 85.8 Å². The number of hydrogen-bond acceptors (Lipinski definition) is 5. The second-order valence-corrected chi connectivity index (χ2v) is 6.84. The summed E-state index contributed by atoms with van der Waals surface area (Å²) in [5.41, 5.74) is 1.27. The highest BCUT2D eigenvalue weighted by atomic mass is 19.1. The fourth-order valence-electron chi connectivity index (χ4n) is 3.48. The van der Waals surface area contributed by atoms with E-state index in [4.69, 9.17) is 0 Å². The molecule has 0 aliphatic heterocycles. The Labute approximate surface area is 159 Å². The van der Waals surface area contributed by atoms with Gasteiger partial charge in [-0.15, -0.1) is 0 Å². The smallest absolute Gasteiger partial charge is 0.264 e. The molecule has 0 spiro atoms. The molecular formula is C20H18FN5O2. The van der Waals surface area contributed by atoms with E-state index in [0.29, 0.717) is 22.5 Å². The van der Waals surface area contributed by atoms with Crippen LogP contribution in [0.5, 0.6) is 5.88 Å². The van der Waals surface area contributed by atoms with Crippen molar-refractivity contribution >= 4 is 10.8 Å². The average Bonchev–Trinajstić information content (AvgIpc) is 3.19. The maximum atomic E-state index is 14.0. The summed E-state index contributed by atoms with van der Waals surface area (Å²) in [6.45, 7) is 5.65. The first-order valence-corrected chi connectivity index (χ1v) is 8.78. The van der Waals surface area contributed by atoms with Gasteiger partial charge in [0.2, 0.25) is 5.88 Å². The standard InChI is InChI=1S/C20H18FN5O2/c1-11(2)17-14-5-4-13(21)8-15(14)20(28)26(19(17)25-10-22-9-24-25)16-6-7-23-18(27)12(16)3/h4-11H,1-3H3,(H,23,27). The van der Waals surface area contributed by atoms with Crippen molar-refractivity contribution < 1.29 is 9.50 Å². The Hall–Kier alpha value is -3.55. The van der Waals surface area contributed by atoms with Crippen LogP contribution in [0.25, 0.3) is 22.3 Å². The van der Waals surface area contributed by atoms with Crippen molar-refractivity contribution in [1.29, 1.82) is 0 Å². The Morgan fingerprint density at radius 3 is 2.64 bits per heavy atom. The van der Waals surface area contributed by atoms with Crippen LogP contribution in [-0.4, -0.2) is 29.4 Å². The van der Waals surface area contributed by atoms with Gasteiger partial charge in [-0.3, -0.25) is 9.36 Å². The zero-order valence-electron chi connectivity index (χ0n) is 15.6. The summed E-state index contributed by atoms with van der Waals surface area (Å²) >= 11 is 0. The second-order valence-electron chi connectivity index (χ2n) is 6.84. The number of benzene rings is 1. The van der Waals surface area contributed by atoms with Gasteiger partial charge in [-0.05, 0) is 36.4 Å². The minimum absolute atomic E-state index is 0.00486. The fourth-order valence-corrected chi connectivity index (χ4v) is 3.48. The Balaban J connectivity index is 2.29. The summed E-state index contributed by atoms with van der Waals surface area (Å²) < 4.78 is 16.9. The van der Waals surface area contributed by atoms with Gasteiger partial charge in [0, 0.05) is 17.3 Å². The number of aromatic nitrogens is 5. The van der Waals surface area contributed by atoms with Crippen LogP contribution in [0.4, 0.5) is 4.39 Å². The van der Waals surface area contributed by atoms with Crippen molar-refractivity contribution in [2.45, 2.75) is 26.7 Å². The largest absolute Gasteiger partial charge is 0.493 e. The van der Waals surface area contributed by atoms with Crippen LogP contribution >= 0.6 is 0 Å². The molecule has 0 fully saturated rings. The van der Waals surface area contributed by atoms with Gasteiger partial charge in [-0.2, -0.15) is 5.10 Å². The van der Waals surface area contributed by atoms with E-state index in [2.05, 4.69) is 15.1 Å². The molecule has 0 aliphatic carbocycles. The second kappa shape index (κ2) is 6.56. The highest BCUT2D eigenvalue weighted by Crippen LogP contribution is 2.32. The van der Waals surface area contributed by atoms with E-state index in [9.17, 15) is 14.3 Å². The van der Waals surface area contributed by atoms with Gasteiger partial charge in [0.05, 0.1) is 11.1 Å². The number of hydrogen-bond donors (Lipinski definition) is 1. The van der Waals surface area contributed by atoms with Gasteiger partial charge in [0.1, 0.15) is 24.3 Å². The molecule has 3 aromatic heterocycles. The molecule has 0 radical (unpaired) electrons. The maximum Gasteiger partial charge on any atom is 0.264 e. The van der Waals surface area contributed by atoms with E-state index >= 15 is 0 Å². The molecule has 0 atom stereocenters. The Kier molecular flexibility index (Phi) is 4.18. The normalized spacial score (nSPS) is 11.5. The van der Waals surface area contributed by atoms with Crippen molar-refractivity contribution in [3.63, 3.8) is 0 Å². The average molecular weight is 379 g/mol. The van der Waals surface area contributed by atoms with Crippen LogP contribution in [0.15, 0.2) is 47.9 Å². The minimum atomic E-state index is -0.492. The van der Waals surface area contributed by atoms with Gasteiger partial charge in [0.15, 0.2) is 0 Å². The molecule has 1 N–H and O–H groups in total. The number of aromatic hydroxyl groups is 1. The number of rotatable bonds is 3. The molecule has 8 heteroatoms. The van der Waals surface area contributed by atoms with E-state index in [1.807, 2.05) is 13.8 Å². The van der Waals surface area contributed by atoms with E-state index < -0.39 is 11.4 Å². The molecule has 4 aromatic rings. The van der Waals surface area contributed by atoms with Gasteiger partial charge in [0.25, 0.3) is 5.56 Å². The lowest BCUT2D eigenvalue weighted by atomic mass is 9.96. The Morgan fingerprint density at radius 2 is 1.96 bits per heavy atom. The van der Waals surface area contributed by atoms with Gasteiger partial charge >= 0.3 is 0 Å². The zero-order chi connectivity index (χ0) is 20.0. The summed E-state index contributed by atoms with van der Waals surface area (Å²) in [7, 11) is 0. The third kappa shape index (κ3) is 2.65. The van der Waals surface area contributed by atoms with Crippen LogP contribution < -0.4 is 5.56 Å². The summed E-state index contributed by atoms with van der Waals surface area (Å²) in [6.07, 6.45) is 4.30. The fraction of sp³-hybridized carbons (Fsp3) is 0.200. The Bertz CT molecular complexity index is 1250. The van der Waals surface area contributed by atoms with Crippen molar-refractivity contribution in [2.24, 2.45) is 0 Å². The molecule has 142 valence electrons. The van der Waals surface area contributed by atoms with Crippen molar-refractivity contribution in [3.05, 3.63) is 70.4 Å². The molecule has 0 aliphatic rings. The molecule has 4 rings (SSSR count). The Morgan fingerprint density at radius 1 is 1.18 bits per heavy atom. The van der Waals surface area contributed by atoms with Gasteiger partial charge in [-0.25, -0.2) is 19.0 Å². The predicted molar refractivity (Wildman–Crippen MR) is 103 cm³/mol.